The molecule has 0 saturated heterocycles. The van der Waals surface area contributed by atoms with Gasteiger partial charge in [-0.1, -0.05) is 13.2 Å². The Hall–Kier alpha value is 0.0249. The maximum Gasteiger partial charge on any atom is 0.101 e. The van der Waals surface area contributed by atoms with Gasteiger partial charge >= 0.3 is 0 Å². The fraction of sp³-hybridized carbons (Fsp3) is 1.00. The Balaban J connectivity index is 2.83. The summed E-state index contributed by atoms with van der Waals surface area (Å²) < 4.78 is 0. The molecule has 0 aliphatic rings. The smallest absolute Gasteiger partial charge is 0.101 e. The first-order valence-electron chi connectivity index (χ1n) is 2.95. The van der Waals surface area contributed by atoms with Crippen molar-refractivity contribution in [2.24, 2.45) is 5.92 Å². The first-order chi connectivity index (χ1) is 3.31. The summed E-state index contributed by atoms with van der Waals surface area (Å²) in [7, 11) is 4.20. The van der Waals surface area contributed by atoms with Crippen LogP contribution >= 0.6 is 0 Å². The summed E-state index contributed by atoms with van der Waals surface area (Å²) in [5, 5.41) is 3.12. The summed E-state index contributed by atoms with van der Waals surface area (Å²) in [5.41, 5.74) is 0. The highest BCUT2D eigenvalue weighted by Gasteiger charge is 1.92. The molecule has 0 aromatic carbocycles. The lowest BCUT2D eigenvalue weighted by atomic mass is 9.93. The Morgan fingerprint density at radius 2 is 2.29 bits per heavy atom. The molecule has 0 fully saturated rings. The molecule has 0 heterocycles. The van der Waals surface area contributed by atoms with Crippen LogP contribution in [0.15, 0.2) is 0 Å². The molecule has 0 amide bonds. The van der Waals surface area contributed by atoms with Gasteiger partial charge in [-0.3, -0.25) is 0 Å². The SMILES string of the molecule is BC[C@H](C)CNC. The molecule has 0 aromatic rings. The highest BCUT2D eigenvalue weighted by molar-refractivity contribution is 6.08. The molecule has 0 aliphatic heterocycles. The highest BCUT2D eigenvalue weighted by Crippen LogP contribution is 1.94. The van der Waals surface area contributed by atoms with Crippen molar-refractivity contribution in [2.45, 2.75) is 13.2 Å². The van der Waals surface area contributed by atoms with Crippen molar-refractivity contribution in [3.05, 3.63) is 0 Å². The van der Waals surface area contributed by atoms with Gasteiger partial charge in [0.2, 0.25) is 0 Å². The van der Waals surface area contributed by atoms with Crippen molar-refractivity contribution in [3.63, 3.8) is 0 Å². The molecule has 0 unspecified atom stereocenters. The van der Waals surface area contributed by atoms with Crippen molar-refractivity contribution in [1.82, 2.24) is 5.32 Å². The van der Waals surface area contributed by atoms with Crippen LogP contribution in [0.3, 0.4) is 0 Å². The van der Waals surface area contributed by atoms with E-state index in [2.05, 4.69) is 20.1 Å². The van der Waals surface area contributed by atoms with Gasteiger partial charge in [0.15, 0.2) is 0 Å². The van der Waals surface area contributed by atoms with E-state index in [0.717, 1.165) is 12.5 Å². The summed E-state index contributed by atoms with van der Waals surface area (Å²) in [5.74, 6) is 0.838. The third-order valence-corrected chi connectivity index (χ3v) is 1.25. The van der Waals surface area contributed by atoms with Crippen LogP contribution in [0, 0.1) is 5.92 Å². The second-order valence-electron chi connectivity index (χ2n) is 2.07. The van der Waals surface area contributed by atoms with Crippen molar-refractivity contribution in [1.29, 1.82) is 0 Å². The van der Waals surface area contributed by atoms with Gasteiger partial charge in [-0.15, -0.1) is 0 Å². The van der Waals surface area contributed by atoms with E-state index in [1.54, 1.807) is 0 Å². The molecule has 2 heteroatoms. The first-order valence-corrected chi connectivity index (χ1v) is 2.95. The average molecular weight is 99.0 g/mol. The Kier molecular flexibility index (Phi) is 4.21. The minimum absolute atomic E-state index is 0.838. The molecule has 0 radical (unpaired) electrons. The van der Waals surface area contributed by atoms with Crippen LogP contribution in [-0.4, -0.2) is 21.4 Å². The van der Waals surface area contributed by atoms with Crippen LogP contribution in [0.4, 0.5) is 0 Å². The third kappa shape index (κ3) is 3.87. The normalized spacial score (nSPS) is 14.0. The molecule has 1 atom stereocenters. The molecular formula is C5H14BN. The molecule has 0 saturated carbocycles. The number of hydrogen-bond donors (Lipinski definition) is 1. The summed E-state index contributed by atoms with van der Waals surface area (Å²) in [4.78, 5) is 0. The van der Waals surface area contributed by atoms with Gasteiger partial charge < -0.3 is 5.32 Å². The van der Waals surface area contributed by atoms with Gasteiger partial charge in [0.25, 0.3) is 0 Å². The maximum absolute atomic E-state index is 3.12. The standard InChI is InChI=1S/C5H14BN/c1-5(3-6)4-7-2/h5,7H,3-4,6H2,1-2H3/t5-/m0/s1. The van der Waals surface area contributed by atoms with E-state index < -0.39 is 0 Å². The van der Waals surface area contributed by atoms with Crippen LogP contribution in [0.1, 0.15) is 6.92 Å². The lowest BCUT2D eigenvalue weighted by molar-refractivity contribution is 0.594. The van der Waals surface area contributed by atoms with Gasteiger partial charge in [-0.2, -0.15) is 0 Å². The quantitative estimate of drug-likeness (QED) is 0.487. The molecule has 0 spiro atoms. The molecule has 1 N–H and O–H groups in total. The topological polar surface area (TPSA) is 12.0 Å². The van der Waals surface area contributed by atoms with E-state index in [4.69, 9.17) is 0 Å². The van der Waals surface area contributed by atoms with E-state index in [-0.39, 0.29) is 0 Å². The molecule has 0 aromatic heterocycles. The van der Waals surface area contributed by atoms with Gasteiger partial charge in [0.05, 0.1) is 0 Å². The fourth-order valence-corrected chi connectivity index (χ4v) is 0.493. The van der Waals surface area contributed by atoms with E-state index in [1.807, 2.05) is 7.05 Å². The van der Waals surface area contributed by atoms with Crippen LogP contribution in [-0.2, 0) is 0 Å². The van der Waals surface area contributed by atoms with Crippen LogP contribution in [0.25, 0.3) is 0 Å². The maximum atomic E-state index is 3.12. The fourth-order valence-electron chi connectivity index (χ4n) is 0.493. The lowest BCUT2D eigenvalue weighted by Crippen LogP contribution is -2.15. The highest BCUT2D eigenvalue weighted by atomic mass is 14.8. The third-order valence-electron chi connectivity index (χ3n) is 1.25. The van der Waals surface area contributed by atoms with E-state index in [1.165, 1.54) is 6.32 Å². The van der Waals surface area contributed by atoms with Crippen molar-refractivity contribution in [3.8, 4) is 0 Å². The van der Waals surface area contributed by atoms with Crippen molar-refractivity contribution in [2.75, 3.05) is 13.6 Å². The van der Waals surface area contributed by atoms with Gasteiger partial charge in [-0.25, -0.2) is 0 Å². The summed E-state index contributed by atoms with van der Waals surface area (Å²) in [6.07, 6.45) is 1.28. The number of hydrogen-bond acceptors (Lipinski definition) is 1. The minimum atomic E-state index is 0.838. The second-order valence-corrected chi connectivity index (χ2v) is 2.07. The molecule has 42 valence electrons. The van der Waals surface area contributed by atoms with E-state index in [0.29, 0.717) is 0 Å². The molecule has 0 aliphatic carbocycles. The largest absolute Gasteiger partial charge is 0.320 e. The van der Waals surface area contributed by atoms with Crippen molar-refractivity contribution >= 4 is 7.85 Å². The molecular weight excluding hydrogens is 84.9 g/mol. The van der Waals surface area contributed by atoms with Crippen molar-refractivity contribution < 1.29 is 0 Å². The Morgan fingerprint density at radius 1 is 1.71 bits per heavy atom. The van der Waals surface area contributed by atoms with Crippen LogP contribution < -0.4 is 5.32 Å². The summed E-state index contributed by atoms with van der Waals surface area (Å²) >= 11 is 0. The average Bonchev–Trinajstić information content (AvgIpc) is 1.68. The van der Waals surface area contributed by atoms with Gasteiger partial charge in [0, 0.05) is 0 Å². The Labute approximate surface area is 46.9 Å². The molecule has 1 nitrogen and oxygen atoms in total. The van der Waals surface area contributed by atoms with Crippen LogP contribution in [0.2, 0.25) is 6.32 Å². The zero-order valence-corrected chi connectivity index (χ0v) is 5.49. The monoisotopic (exact) mass is 99.1 g/mol. The van der Waals surface area contributed by atoms with E-state index >= 15 is 0 Å². The zero-order valence-electron chi connectivity index (χ0n) is 5.49. The summed E-state index contributed by atoms with van der Waals surface area (Å²) in [6, 6.07) is 0. The van der Waals surface area contributed by atoms with E-state index in [9.17, 15) is 0 Å². The number of nitrogens with one attached hydrogen (secondary N) is 1. The summed E-state index contributed by atoms with van der Waals surface area (Å²) in [6.45, 7) is 3.40. The van der Waals surface area contributed by atoms with Crippen LogP contribution in [0.5, 0.6) is 0 Å². The Bertz CT molecular complexity index is 39.1. The first kappa shape index (κ1) is 7.02. The predicted octanol–water partition coefficient (Wildman–Crippen LogP) is -0.107. The molecule has 0 rings (SSSR count). The van der Waals surface area contributed by atoms with Gasteiger partial charge in [-0.05, 0) is 19.5 Å². The minimum Gasteiger partial charge on any atom is -0.320 e. The molecule has 0 bridgehead atoms. The lowest BCUT2D eigenvalue weighted by Gasteiger charge is -2.04. The predicted molar refractivity (Wildman–Crippen MR) is 36.4 cm³/mol. The molecule has 7 heavy (non-hydrogen) atoms. The second kappa shape index (κ2) is 4.19. The van der Waals surface area contributed by atoms with Gasteiger partial charge in [0.1, 0.15) is 7.85 Å². The zero-order chi connectivity index (χ0) is 5.70. The number of rotatable bonds is 3. The Morgan fingerprint density at radius 3 is 2.43 bits per heavy atom.